The predicted molar refractivity (Wildman–Crippen MR) is 67.1 cm³/mol. The Labute approximate surface area is 97.2 Å². The maximum atomic E-state index is 9.58. The summed E-state index contributed by atoms with van der Waals surface area (Å²) in [6, 6.07) is 8.45. The minimum atomic E-state index is -0.138. The van der Waals surface area contributed by atoms with Crippen molar-refractivity contribution in [1.82, 2.24) is 4.90 Å². The summed E-state index contributed by atoms with van der Waals surface area (Å²) in [4.78, 5) is 2.32. The maximum absolute atomic E-state index is 9.58. The summed E-state index contributed by atoms with van der Waals surface area (Å²) in [6.45, 7) is 6.59. The molecular formula is C14H19NO. The van der Waals surface area contributed by atoms with Crippen LogP contribution < -0.4 is 0 Å². The fraction of sp³-hybridized carbons (Fsp3) is 0.429. The summed E-state index contributed by atoms with van der Waals surface area (Å²) in [5.74, 6) is 0. The van der Waals surface area contributed by atoms with E-state index >= 15 is 0 Å². The molecule has 0 spiro atoms. The Balaban J connectivity index is 1.94. The Morgan fingerprint density at radius 3 is 2.75 bits per heavy atom. The molecule has 0 saturated carbocycles. The molecule has 0 amide bonds. The number of rotatable bonds is 3. The third-order valence-corrected chi connectivity index (χ3v) is 3.10. The van der Waals surface area contributed by atoms with E-state index in [1.54, 1.807) is 0 Å². The molecule has 1 aromatic rings. The Kier molecular flexibility index (Phi) is 3.75. The highest BCUT2D eigenvalue weighted by Gasteiger charge is 2.17. The molecule has 1 atom stereocenters. The molecule has 1 aliphatic rings. The van der Waals surface area contributed by atoms with Gasteiger partial charge in [-0.15, -0.1) is 0 Å². The molecule has 2 nitrogen and oxygen atoms in total. The molecule has 0 bridgehead atoms. The number of piperidine rings is 1. The number of β-amino-alcohol motifs (C(OH)–C–C–N with tert-alkyl or cyclic N) is 1. The van der Waals surface area contributed by atoms with Crippen LogP contribution in [0.25, 0.3) is 6.08 Å². The average molecular weight is 217 g/mol. The van der Waals surface area contributed by atoms with Crippen LogP contribution in [-0.2, 0) is 6.54 Å². The lowest BCUT2D eigenvalue weighted by Gasteiger charge is -2.29. The van der Waals surface area contributed by atoms with Crippen molar-refractivity contribution in [3.63, 3.8) is 0 Å². The van der Waals surface area contributed by atoms with Crippen LogP contribution in [0.4, 0.5) is 0 Å². The molecule has 86 valence electrons. The molecular weight excluding hydrogens is 198 g/mol. The van der Waals surface area contributed by atoms with E-state index in [4.69, 9.17) is 0 Å². The lowest BCUT2D eigenvalue weighted by molar-refractivity contribution is 0.0668. The second kappa shape index (κ2) is 5.28. The van der Waals surface area contributed by atoms with E-state index in [2.05, 4.69) is 35.7 Å². The second-order valence-corrected chi connectivity index (χ2v) is 4.48. The van der Waals surface area contributed by atoms with Crippen LogP contribution >= 0.6 is 0 Å². The van der Waals surface area contributed by atoms with Gasteiger partial charge in [-0.05, 0) is 30.5 Å². The quantitative estimate of drug-likeness (QED) is 0.839. The molecule has 2 heteroatoms. The predicted octanol–water partition coefficient (Wildman–Crippen LogP) is 2.29. The number of hydrogen-bond donors (Lipinski definition) is 1. The molecule has 2 rings (SSSR count). The first-order chi connectivity index (χ1) is 7.78. The summed E-state index contributed by atoms with van der Waals surface area (Å²) in [7, 11) is 0. The zero-order chi connectivity index (χ0) is 11.4. The van der Waals surface area contributed by atoms with Crippen LogP contribution in [0.2, 0.25) is 0 Å². The molecule has 16 heavy (non-hydrogen) atoms. The minimum Gasteiger partial charge on any atom is -0.392 e. The number of nitrogens with zero attached hydrogens (tertiary/aromatic N) is 1. The van der Waals surface area contributed by atoms with Gasteiger partial charge in [-0.25, -0.2) is 0 Å². The zero-order valence-corrected chi connectivity index (χ0v) is 9.60. The summed E-state index contributed by atoms with van der Waals surface area (Å²) in [5.41, 5.74) is 2.46. The van der Waals surface area contributed by atoms with Gasteiger partial charge in [0.05, 0.1) is 6.10 Å². The molecule has 0 aromatic heterocycles. The van der Waals surface area contributed by atoms with Gasteiger partial charge in [0.25, 0.3) is 0 Å². The van der Waals surface area contributed by atoms with Crippen LogP contribution in [-0.4, -0.2) is 29.2 Å². The number of aliphatic hydroxyl groups excluding tert-OH is 1. The molecule has 1 heterocycles. The summed E-state index contributed by atoms with van der Waals surface area (Å²) < 4.78 is 0. The van der Waals surface area contributed by atoms with E-state index in [-0.39, 0.29) is 6.10 Å². The minimum absolute atomic E-state index is 0.138. The topological polar surface area (TPSA) is 23.5 Å². The average Bonchev–Trinajstić information content (AvgIpc) is 2.30. The van der Waals surface area contributed by atoms with Crippen LogP contribution in [0.15, 0.2) is 30.8 Å². The normalized spacial score (nSPS) is 21.9. The first-order valence-electron chi connectivity index (χ1n) is 5.90. The van der Waals surface area contributed by atoms with Gasteiger partial charge in [0.15, 0.2) is 0 Å². The van der Waals surface area contributed by atoms with Crippen LogP contribution in [0.1, 0.15) is 24.0 Å². The lowest BCUT2D eigenvalue weighted by Crippen LogP contribution is -2.37. The van der Waals surface area contributed by atoms with Crippen molar-refractivity contribution in [3.8, 4) is 0 Å². The number of likely N-dealkylation sites (tertiary alicyclic amines) is 1. The molecule has 1 N–H and O–H groups in total. The highest BCUT2D eigenvalue weighted by Crippen LogP contribution is 2.14. The smallest absolute Gasteiger partial charge is 0.0667 e. The maximum Gasteiger partial charge on any atom is 0.0667 e. The van der Waals surface area contributed by atoms with Crippen molar-refractivity contribution < 1.29 is 5.11 Å². The van der Waals surface area contributed by atoms with Crippen molar-refractivity contribution in [2.75, 3.05) is 13.1 Å². The number of aliphatic hydroxyl groups is 1. The van der Waals surface area contributed by atoms with Gasteiger partial charge in [-0.3, -0.25) is 4.90 Å². The van der Waals surface area contributed by atoms with Gasteiger partial charge in [0.2, 0.25) is 0 Å². The highest BCUT2D eigenvalue weighted by atomic mass is 16.3. The van der Waals surface area contributed by atoms with Crippen LogP contribution in [0, 0.1) is 0 Å². The first-order valence-corrected chi connectivity index (χ1v) is 5.90. The van der Waals surface area contributed by atoms with E-state index in [0.717, 1.165) is 38.0 Å². The second-order valence-electron chi connectivity index (χ2n) is 4.48. The van der Waals surface area contributed by atoms with Crippen molar-refractivity contribution in [2.24, 2.45) is 0 Å². The van der Waals surface area contributed by atoms with Gasteiger partial charge < -0.3 is 5.11 Å². The monoisotopic (exact) mass is 217 g/mol. The Hall–Kier alpha value is -1.12. The summed E-state index contributed by atoms with van der Waals surface area (Å²) in [6.07, 6.45) is 3.77. The SMILES string of the molecule is C=Cc1ccc(CN2CCC[C@H](O)C2)cc1. The molecule has 1 aromatic carbocycles. The number of benzene rings is 1. The van der Waals surface area contributed by atoms with E-state index in [1.807, 2.05) is 6.08 Å². The van der Waals surface area contributed by atoms with E-state index < -0.39 is 0 Å². The Morgan fingerprint density at radius 2 is 2.12 bits per heavy atom. The number of hydrogen-bond acceptors (Lipinski definition) is 2. The third kappa shape index (κ3) is 2.94. The summed E-state index contributed by atoms with van der Waals surface area (Å²) >= 11 is 0. The fourth-order valence-corrected chi connectivity index (χ4v) is 2.19. The molecule has 1 saturated heterocycles. The van der Waals surface area contributed by atoms with Crippen LogP contribution in [0.3, 0.4) is 0 Å². The standard InChI is InChI=1S/C14H19NO/c1-2-12-5-7-13(8-6-12)10-15-9-3-4-14(16)11-15/h2,5-8,14,16H,1,3-4,9-11H2/t14-/m0/s1. The van der Waals surface area contributed by atoms with E-state index in [1.165, 1.54) is 5.56 Å². The first kappa shape index (κ1) is 11.4. The zero-order valence-electron chi connectivity index (χ0n) is 9.60. The molecule has 1 aliphatic heterocycles. The largest absolute Gasteiger partial charge is 0.392 e. The van der Waals surface area contributed by atoms with Gasteiger partial charge >= 0.3 is 0 Å². The van der Waals surface area contributed by atoms with Crippen molar-refractivity contribution in [2.45, 2.75) is 25.5 Å². The van der Waals surface area contributed by atoms with Gasteiger partial charge in [-0.1, -0.05) is 36.9 Å². The Morgan fingerprint density at radius 1 is 1.38 bits per heavy atom. The summed E-state index contributed by atoms with van der Waals surface area (Å²) in [5, 5.41) is 9.58. The van der Waals surface area contributed by atoms with E-state index in [9.17, 15) is 5.11 Å². The third-order valence-electron chi connectivity index (χ3n) is 3.10. The molecule has 0 unspecified atom stereocenters. The van der Waals surface area contributed by atoms with Crippen molar-refractivity contribution in [3.05, 3.63) is 42.0 Å². The Bertz CT molecular complexity index is 344. The van der Waals surface area contributed by atoms with Crippen molar-refractivity contribution in [1.29, 1.82) is 0 Å². The molecule has 1 fully saturated rings. The van der Waals surface area contributed by atoms with Gasteiger partial charge in [0, 0.05) is 13.1 Å². The lowest BCUT2D eigenvalue weighted by atomic mass is 10.1. The highest BCUT2D eigenvalue weighted by molar-refractivity contribution is 5.47. The van der Waals surface area contributed by atoms with Gasteiger partial charge in [0.1, 0.15) is 0 Å². The molecule has 0 radical (unpaired) electrons. The van der Waals surface area contributed by atoms with Crippen molar-refractivity contribution >= 4 is 6.08 Å². The van der Waals surface area contributed by atoms with E-state index in [0.29, 0.717) is 0 Å². The van der Waals surface area contributed by atoms with Crippen LogP contribution in [0.5, 0.6) is 0 Å². The fourth-order valence-electron chi connectivity index (χ4n) is 2.19. The molecule has 0 aliphatic carbocycles. The van der Waals surface area contributed by atoms with Gasteiger partial charge in [-0.2, -0.15) is 0 Å².